The predicted molar refractivity (Wildman–Crippen MR) is 102 cm³/mol. The highest BCUT2D eigenvalue weighted by Crippen LogP contribution is 2.23. The van der Waals surface area contributed by atoms with Crippen LogP contribution in [-0.4, -0.2) is 61.5 Å². The zero-order chi connectivity index (χ0) is 18.4. The number of hydrogen-bond acceptors (Lipinski definition) is 6. The zero-order valence-corrected chi connectivity index (χ0v) is 15.6. The minimum atomic E-state index is -0.426. The van der Waals surface area contributed by atoms with E-state index in [0.29, 0.717) is 17.1 Å². The highest BCUT2D eigenvalue weighted by Gasteiger charge is 2.20. The molecule has 2 heterocycles. The molecule has 0 atom stereocenters. The molecule has 0 unspecified atom stereocenters. The number of nitrogens with zero attached hydrogens (tertiary/aromatic N) is 2. The van der Waals surface area contributed by atoms with Crippen LogP contribution in [0.5, 0.6) is 0 Å². The molecule has 7 heteroatoms. The van der Waals surface area contributed by atoms with E-state index < -0.39 is 5.97 Å². The lowest BCUT2D eigenvalue weighted by atomic mass is 10.2. The largest absolute Gasteiger partial charge is 0.465 e. The Hall–Kier alpha value is -2.22. The summed E-state index contributed by atoms with van der Waals surface area (Å²) < 4.78 is 4.73. The van der Waals surface area contributed by atoms with Crippen LogP contribution in [0.2, 0.25) is 0 Å². The molecule has 1 saturated heterocycles. The Labute approximate surface area is 157 Å². The second kappa shape index (κ2) is 8.93. The molecular formula is C19H23N3O3S. The average molecular weight is 373 g/mol. The first-order chi connectivity index (χ1) is 12.7. The number of carbonyl (C=O) groups excluding carboxylic acids is 2. The van der Waals surface area contributed by atoms with Gasteiger partial charge >= 0.3 is 5.97 Å². The summed E-state index contributed by atoms with van der Waals surface area (Å²) >= 11 is 1.26. The molecule has 1 aliphatic heterocycles. The number of methoxy groups -OCH3 is 1. The second-order valence-corrected chi connectivity index (χ2v) is 7.16. The Kier molecular flexibility index (Phi) is 6.38. The van der Waals surface area contributed by atoms with Gasteiger partial charge in [0.2, 0.25) is 5.91 Å². The third kappa shape index (κ3) is 4.91. The summed E-state index contributed by atoms with van der Waals surface area (Å²) in [6.07, 6.45) is 0. The van der Waals surface area contributed by atoms with Crippen LogP contribution >= 0.6 is 11.3 Å². The van der Waals surface area contributed by atoms with Gasteiger partial charge in [0.15, 0.2) is 0 Å². The van der Waals surface area contributed by atoms with E-state index in [2.05, 4.69) is 39.4 Å². The number of esters is 1. The van der Waals surface area contributed by atoms with Crippen molar-refractivity contribution in [3.8, 4) is 0 Å². The number of piperazine rings is 1. The number of carbonyl (C=O) groups is 2. The van der Waals surface area contributed by atoms with Gasteiger partial charge in [-0.2, -0.15) is 0 Å². The first-order valence-electron chi connectivity index (χ1n) is 8.60. The molecule has 0 spiro atoms. The first kappa shape index (κ1) is 18.6. The standard InChI is InChI=1S/C19H23N3O3S/c1-25-19(24)18-16(7-12-26-18)20-17(23)14-22-10-8-21(9-11-22)13-15-5-3-2-4-6-15/h2-7,12H,8-11,13-14H2,1H3,(H,20,23). The molecule has 26 heavy (non-hydrogen) atoms. The van der Waals surface area contributed by atoms with Gasteiger partial charge in [0.05, 0.1) is 19.3 Å². The van der Waals surface area contributed by atoms with Crippen molar-refractivity contribution in [1.29, 1.82) is 0 Å². The van der Waals surface area contributed by atoms with E-state index in [-0.39, 0.29) is 5.91 Å². The van der Waals surface area contributed by atoms with Crippen molar-refractivity contribution in [3.05, 3.63) is 52.2 Å². The van der Waals surface area contributed by atoms with E-state index in [0.717, 1.165) is 32.7 Å². The Morgan fingerprint density at radius 1 is 1.08 bits per heavy atom. The van der Waals surface area contributed by atoms with Crippen molar-refractivity contribution in [3.63, 3.8) is 0 Å². The van der Waals surface area contributed by atoms with Gasteiger partial charge < -0.3 is 10.1 Å². The van der Waals surface area contributed by atoms with E-state index >= 15 is 0 Å². The Balaban J connectivity index is 1.45. The number of rotatable bonds is 6. The lowest BCUT2D eigenvalue weighted by Gasteiger charge is -2.34. The molecule has 1 aromatic heterocycles. The van der Waals surface area contributed by atoms with Crippen molar-refractivity contribution < 1.29 is 14.3 Å². The molecule has 6 nitrogen and oxygen atoms in total. The SMILES string of the molecule is COC(=O)c1sccc1NC(=O)CN1CCN(Cc2ccccc2)CC1. The van der Waals surface area contributed by atoms with Crippen molar-refractivity contribution in [1.82, 2.24) is 9.80 Å². The number of amides is 1. The molecule has 0 aliphatic carbocycles. The monoisotopic (exact) mass is 373 g/mol. The highest BCUT2D eigenvalue weighted by molar-refractivity contribution is 7.12. The summed E-state index contributed by atoms with van der Waals surface area (Å²) in [5.41, 5.74) is 1.83. The molecule has 0 bridgehead atoms. The van der Waals surface area contributed by atoms with Gasteiger partial charge in [-0.25, -0.2) is 4.79 Å². The summed E-state index contributed by atoms with van der Waals surface area (Å²) in [6, 6.07) is 12.1. The number of nitrogens with one attached hydrogen (secondary N) is 1. The van der Waals surface area contributed by atoms with Crippen LogP contribution in [0.25, 0.3) is 0 Å². The fourth-order valence-corrected chi connectivity index (χ4v) is 3.76. The van der Waals surface area contributed by atoms with Crippen molar-refractivity contribution in [2.24, 2.45) is 0 Å². The quantitative estimate of drug-likeness (QED) is 0.788. The molecule has 0 radical (unpaired) electrons. The Morgan fingerprint density at radius 3 is 2.46 bits per heavy atom. The fraction of sp³-hybridized carbons (Fsp3) is 0.368. The molecule has 2 aromatic rings. The number of ether oxygens (including phenoxy) is 1. The van der Waals surface area contributed by atoms with Crippen molar-refractivity contribution in [2.75, 3.05) is 45.2 Å². The summed E-state index contributed by atoms with van der Waals surface area (Å²) in [5.74, 6) is -0.533. The minimum Gasteiger partial charge on any atom is -0.465 e. The number of anilines is 1. The number of benzene rings is 1. The van der Waals surface area contributed by atoms with Crippen LogP contribution in [0.4, 0.5) is 5.69 Å². The molecule has 1 aliphatic rings. The number of hydrogen-bond donors (Lipinski definition) is 1. The summed E-state index contributed by atoms with van der Waals surface area (Å²) in [4.78, 5) is 28.9. The average Bonchev–Trinajstić information content (AvgIpc) is 3.11. The molecule has 138 valence electrons. The second-order valence-electron chi connectivity index (χ2n) is 6.24. The fourth-order valence-electron chi connectivity index (χ4n) is 3.00. The molecule has 1 amide bonds. The van der Waals surface area contributed by atoms with Crippen molar-refractivity contribution >= 4 is 28.9 Å². The maximum atomic E-state index is 12.3. The lowest BCUT2D eigenvalue weighted by molar-refractivity contribution is -0.117. The smallest absolute Gasteiger partial charge is 0.350 e. The summed E-state index contributed by atoms with van der Waals surface area (Å²) in [7, 11) is 1.34. The Morgan fingerprint density at radius 2 is 1.77 bits per heavy atom. The molecule has 1 aromatic carbocycles. The summed E-state index contributed by atoms with van der Waals surface area (Å²) in [6.45, 7) is 4.86. The van der Waals surface area contributed by atoms with E-state index in [1.807, 2.05) is 6.07 Å². The van der Waals surface area contributed by atoms with Gasteiger partial charge in [0.1, 0.15) is 4.88 Å². The van der Waals surface area contributed by atoms with Gasteiger partial charge in [0, 0.05) is 32.7 Å². The van der Waals surface area contributed by atoms with Crippen LogP contribution < -0.4 is 5.32 Å². The normalized spacial score (nSPS) is 15.6. The molecule has 0 saturated carbocycles. The molecule has 1 N–H and O–H groups in total. The lowest BCUT2D eigenvalue weighted by Crippen LogP contribution is -2.48. The first-order valence-corrected chi connectivity index (χ1v) is 9.48. The van der Waals surface area contributed by atoms with Crippen LogP contribution in [0.3, 0.4) is 0 Å². The van der Waals surface area contributed by atoms with E-state index in [1.54, 1.807) is 11.4 Å². The van der Waals surface area contributed by atoms with Crippen LogP contribution in [-0.2, 0) is 16.1 Å². The topological polar surface area (TPSA) is 61.9 Å². The van der Waals surface area contributed by atoms with Gasteiger partial charge in [0.25, 0.3) is 0 Å². The van der Waals surface area contributed by atoms with Crippen LogP contribution in [0, 0.1) is 0 Å². The van der Waals surface area contributed by atoms with E-state index in [4.69, 9.17) is 4.74 Å². The van der Waals surface area contributed by atoms with Crippen LogP contribution in [0.1, 0.15) is 15.2 Å². The van der Waals surface area contributed by atoms with Gasteiger partial charge in [-0.3, -0.25) is 14.6 Å². The number of thiophene rings is 1. The van der Waals surface area contributed by atoms with Gasteiger partial charge in [-0.1, -0.05) is 30.3 Å². The highest BCUT2D eigenvalue weighted by atomic mass is 32.1. The van der Waals surface area contributed by atoms with E-state index in [9.17, 15) is 9.59 Å². The molecule has 3 rings (SSSR count). The maximum Gasteiger partial charge on any atom is 0.350 e. The minimum absolute atomic E-state index is 0.106. The van der Waals surface area contributed by atoms with Crippen molar-refractivity contribution in [2.45, 2.75) is 6.54 Å². The Bertz CT molecular complexity index is 739. The molecule has 1 fully saturated rings. The van der Waals surface area contributed by atoms with Gasteiger partial charge in [-0.05, 0) is 17.0 Å². The zero-order valence-electron chi connectivity index (χ0n) is 14.8. The van der Waals surface area contributed by atoms with Gasteiger partial charge in [-0.15, -0.1) is 11.3 Å². The van der Waals surface area contributed by atoms with Crippen LogP contribution in [0.15, 0.2) is 41.8 Å². The summed E-state index contributed by atoms with van der Waals surface area (Å²) in [5, 5.41) is 4.59. The molecular weight excluding hydrogens is 350 g/mol. The predicted octanol–water partition coefficient (Wildman–Crippen LogP) is 2.29. The third-order valence-corrected chi connectivity index (χ3v) is 5.29. The van der Waals surface area contributed by atoms with E-state index in [1.165, 1.54) is 24.0 Å². The maximum absolute atomic E-state index is 12.3. The third-order valence-electron chi connectivity index (χ3n) is 4.39.